The highest BCUT2D eigenvalue weighted by Gasteiger charge is 2.53. The molecule has 0 nitrogen and oxygen atoms in total. The molecule has 3 unspecified atom stereocenters. The average molecular weight is 256 g/mol. The molecule has 2 aliphatic rings. The van der Waals surface area contributed by atoms with Gasteiger partial charge in [-0.1, -0.05) is 65.0 Å². The Morgan fingerprint density at radius 2 is 1.42 bits per heavy atom. The molecule has 2 fully saturated rings. The first-order chi connectivity index (χ1) is 8.52. The summed E-state index contributed by atoms with van der Waals surface area (Å²) in [5.41, 5.74) is 0.940. The van der Waals surface area contributed by atoms with Crippen molar-refractivity contribution >= 4 is 15.7 Å². The summed E-state index contributed by atoms with van der Waals surface area (Å²) >= 11 is 0. The second kappa shape index (κ2) is 4.57. The topological polar surface area (TPSA) is 0 Å². The van der Waals surface area contributed by atoms with E-state index < -0.39 is 5.21 Å². The maximum absolute atomic E-state index is 6.57. The summed E-state index contributed by atoms with van der Waals surface area (Å²) in [5.74, 6) is 0.462. The smallest absolute Gasteiger partial charge is 0.0631 e. The summed E-state index contributed by atoms with van der Waals surface area (Å²) in [6, 6.07) is 0. The van der Waals surface area contributed by atoms with Gasteiger partial charge in [0, 0.05) is 0 Å². The van der Waals surface area contributed by atoms with Gasteiger partial charge in [-0.05, 0) is 41.9 Å². The first-order valence-corrected chi connectivity index (χ1v) is 8.10. The van der Waals surface area contributed by atoms with Gasteiger partial charge in [0.15, 0.2) is 0 Å². The van der Waals surface area contributed by atoms with Crippen molar-refractivity contribution in [2.75, 3.05) is 0 Å². The maximum Gasteiger partial charge on any atom is 0.0631 e. The van der Waals surface area contributed by atoms with Gasteiger partial charge >= 0.3 is 0 Å². The highest BCUT2D eigenvalue weighted by Crippen LogP contribution is 2.64. The van der Waals surface area contributed by atoms with Crippen LogP contribution in [0.5, 0.6) is 0 Å². The van der Waals surface area contributed by atoms with Gasteiger partial charge in [0.2, 0.25) is 0 Å². The summed E-state index contributed by atoms with van der Waals surface area (Å²) < 4.78 is 0. The molecule has 0 saturated heterocycles. The normalized spacial score (nSPS) is 40.8. The molecule has 0 heterocycles. The van der Waals surface area contributed by atoms with Crippen LogP contribution >= 0.6 is 0 Å². The minimum atomic E-state index is -0.547. The highest BCUT2D eigenvalue weighted by molar-refractivity contribution is 6.40. The first-order valence-electron chi connectivity index (χ1n) is 8.10. The number of hydrogen-bond acceptors (Lipinski definition) is 0. The van der Waals surface area contributed by atoms with Crippen molar-refractivity contribution in [3.63, 3.8) is 0 Å². The van der Waals surface area contributed by atoms with Crippen molar-refractivity contribution in [3.8, 4) is 0 Å². The largest absolute Gasteiger partial charge is 0.0916 e. The van der Waals surface area contributed by atoms with Crippen LogP contribution in [0.2, 0.25) is 5.21 Å². The molecule has 0 aromatic rings. The minimum absolute atomic E-state index is 0.0313. The Morgan fingerprint density at radius 1 is 0.895 bits per heavy atom. The quantitative estimate of drug-likeness (QED) is 0.587. The lowest BCUT2D eigenvalue weighted by Crippen LogP contribution is -2.49. The van der Waals surface area contributed by atoms with E-state index in [4.69, 9.17) is 15.7 Å². The van der Waals surface area contributed by atoms with E-state index in [0.29, 0.717) is 16.7 Å². The van der Waals surface area contributed by atoms with Gasteiger partial charge in [0.1, 0.15) is 0 Å². The van der Waals surface area contributed by atoms with Crippen LogP contribution in [-0.4, -0.2) is 15.7 Å². The molecular formula is C17H30B2. The number of rotatable bonds is 1. The Kier molecular flexibility index (Phi) is 3.73. The van der Waals surface area contributed by atoms with Crippen molar-refractivity contribution < 1.29 is 0 Å². The molecule has 0 amide bonds. The summed E-state index contributed by atoms with van der Waals surface area (Å²) in [5, 5.41) is -0.547. The van der Waals surface area contributed by atoms with E-state index >= 15 is 0 Å². The third-order valence-corrected chi connectivity index (χ3v) is 6.88. The second-order valence-corrected chi connectivity index (χ2v) is 8.95. The Hall–Kier alpha value is 0.130. The third kappa shape index (κ3) is 2.42. The molecule has 0 N–H and O–H groups in total. The molecule has 0 bridgehead atoms. The van der Waals surface area contributed by atoms with Crippen LogP contribution in [0.1, 0.15) is 79.6 Å². The van der Waals surface area contributed by atoms with Gasteiger partial charge < -0.3 is 0 Å². The average Bonchev–Trinajstić information content (AvgIpc) is 2.27. The predicted molar refractivity (Wildman–Crippen MR) is 85.7 cm³/mol. The van der Waals surface area contributed by atoms with Crippen LogP contribution in [0.3, 0.4) is 0 Å². The zero-order valence-corrected chi connectivity index (χ0v) is 13.7. The highest BCUT2D eigenvalue weighted by atomic mass is 14.6. The van der Waals surface area contributed by atoms with Crippen molar-refractivity contribution in [2.24, 2.45) is 22.2 Å². The summed E-state index contributed by atoms with van der Waals surface area (Å²) in [7, 11) is 13.1. The molecule has 104 valence electrons. The lowest BCUT2D eigenvalue weighted by Gasteiger charge is -2.60. The van der Waals surface area contributed by atoms with Crippen LogP contribution in [0, 0.1) is 22.2 Å². The van der Waals surface area contributed by atoms with E-state index in [1.54, 1.807) is 0 Å². The molecule has 0 aromatic carbocycles. The third-order valence-electron chi connectivity index (χ3n) is 6.88. The number of fused-ring (bicyclic) bond motifs is 1. The van der Waals surface area contributed by atoms with Crippen molar-refractivity contribution in [2.45, 2.75) is 84.8 Å². The molecule has 19 heavy (non-hydrogen) atoms. The Morgan fingerprint density at radius 3 is 1.95 bits per heavy atom. The summed E-state index contributed by atoms with van der Waals surface area (Å²) in [6.45, 7) is 11.6. The van der Waals surface area contributed by atoms with Crippen LogP contribution < -0.4 is 0 Å². The van der Waals surface area contributed by atoms with E-state index in [0.717, 1.165) is 0 Å². The first kappa shape index (κ1) is 15.5. The standard InChI is InChI=1S/C17H30B2/c1-14(2,3)17(18,19)13-8-11-15(4)9-6-7-10-16(15,5)12-13/h13H,6-12H2,1-5H3. The fraction of sp³-hybridized carbons (Fsp3) is 1.00. The van der Waals surface area contributed by atoms with E-state index in [1.165, 1.54) is 44.9 Å². The van der Waals surface area contributed by atoms with Crippen molar-refractivity contribution in [1.82, 2.24) is 0 Å². The fourth-order valence-electron chi connectivity index (χ4n) is 4.57. The molecule has 2 saturated carbocycles. The van der Waals surface area contributed by atoms with Gasteiger partial charge in [-0.15, -0.1) is 0 Å². The molecule has 2 aliphatic carbocycles. The van der Waals surface area contributed by atoms with Crippen LogP contribution in [0.15, 0.2) is 0 Å². The van der Waals surface area contributed by atoms with Crippen LogP contribution in [-0.2, 0) is 0 Å². The molecule has 0 aliphatic heterocycles. The van der Waals surface area contributed by atoms with E-state index in [9.17, 15) is 0 Å². The molecular weight excluding hydrogens is 226 g/mol. The number of hydrogen-bond donors (Lipinski definition) is 0. The van der Waals surface area contributed by atoms with Gasteiger partial charge in [-0.2, -0.15) is 0 Å². The molecule has 4 radical (unpaired) electrons. The lowest BCUT2D eigenvalue weighted by atomic mass is 9.34. The minimum Gasteiger partial charge on any atom is -0.0916 e. The molecule has 3 atom stereocenters. The molecule has 2 heteroatoms. The van der Waals surface area contributed by atoms with Gasteiger partial charge in [-0.3, -0.25) is 0 Å². The predicted octanol–water partition coefficient (Wildman–Crippen LogP) is 4.87. The van der Waals surface area contributed by atoms with Crippen LogP contribution in [0.4, 0.5) is 0 Å². The second-order valence-electron chi connectivity index (χ2n) is 8.95. The Labute approximate surface area is 123 Å². The SMILES string of the molecule is [B]C([B])(C1CCC2(C)CCCCC2(C)C1)C(C)(C)C. The molecule has 2 rings (SSSR count). The Balaban J connectivity index is 2.22. The van der Waals surface area contributed by atoms with Crippen molar-refractivity contribution in [1.29, 1.82) is 0 Å². The van der Waals surface area contributed by atoms with E-state index in [1.807, 2.05) is 0 Å². The van der Waals surface area contributed by atoms with E-state index in [-0.39, 0.29) is 5.41 Å². The zero-order chi connectivity index (χ0) is 14.5. The lowest BCUT2D eigenvalue weighted by molar-refractivity contribution is -0.0580. The van der Waals surface area contributed by atoms with Gasteiger partial charge in [-0.25, -0.2) is 0 Å². The van der Waals surface area contributed by atoms with E-state index in [2.05, 4.69) is 34.6 Å². The zero-order valence-electron chi connectivity index (χ0n) is 13.7. The van der Waals surface area contributed by atoms with Gasteiger partial charge in [0.05, 0.1) is 15.7 Å². The van der Waals surface area contributed by atoms with Crippen LogP contribution in [0.25, 0.3) is 0 Å². The molecule has 0 aromatic heterocycles. The maximum atomic E-state index is 6.57. The fourth-order valence-corrected chi connectivity index (χ4v) is 4.57. The summed E-state index contributed by atoms with van der Waals surface area (Å²) in [4.78, 5) is 0. The Bertz CT molecular complexity index is 342. The monoisotopic (exact) mass is 256 g/mol. The summed E-state index contributed by atoms with van der Waals surface area (Å²) in [6.07, 6.45) is 9.28. The van der Waals surface area contributed by atoms with Gasteiger partial charge in [0.25, 0.3) is 0 Å². The van der Waals surface area contributed by atoms with Crippen molar-refractivity contribution in [3.05, 3.63) is 0 Å². The molecule has 0 spiro atoms.